The summed E-state index contributed by atoms with van der Waals surface area (Å²) >= 11 is 1.24. The highest BCUT2D eigenvalue weighted by atomic mass is 32.1. The van der Waals surface area contributed by atoms with E-state index >= 15 is 0 Å². The number of hydrogen-bond donors (Lipinski definition) is 1. The van der Waals surface area contributed by atoms with Crippen molar-refractivity contribution in [3.05, 3.63) is 63.9 Å². The molecule has 1 amide bonds. The van der Waals surface area contributed by atoms with Crippen molar-refractivity contribution in [2.75, 3.05) is 32.5 Å². The first-order valence-electron chi connectivity index (χ1n) is 10.1. The summed E-state index contributed by atoms with van der Waals surface area (Å²) < 4.78 is 11.2. The number of nitrogen functional groups attached to an aromatic ring is 1. The monoisotopic (exact) mass is 439 g/mol. The maximum atomic E-state index is 12.7. The SMILES string of the molecule is COc1ccc(Cc2cc(C)nc(C3CN(C(=O)Cc4nnc(N)s4)CCO3)c2)cc1. The third kappa shape index (κ3) is 5.36. The quantitative estimate of drug-likeness (QED) is 0.629. The maximum absolute atomic E-state index is 12.7. The first kappa shape index (κ1) is 21.2. The molecule has 2 aromatic heterocycles. The van der Waals surface area contributed by atoms with Crippen molar-refractivity contribution in [1.82, 2.24) is 20.1 Å². The second-order valence-corrected chi connectivity index (χ2v) is 8.57. The third-order valence-electron chi connectivity index (χ3n) is 5.13. The minimum Gasteiger partial charge on any atom is -0.497 e. The van der Waals surface area contributed by atoms with Gasteiger partial charge in [-0.1, -0.05) is 23.5 Å². The van der Waals surface area contributed by atoms with E-state index in [1.54, 1.807) is 12.0 Å². The van der Waals surface area contributed by atoms with Crippen LogP contribution in [0.25, 0.3) is 0 Å². The van der Waals surface area contributed by atoms with Gasteiger partial charge in [-0.15, -0.1) is 10.2 Å². The number of benzene rings is 1. The Bertz CT molecular complexity index is 1050. The molecule has 0 saturated carbocycles. The Morgan fingerprint density at radius 1 is 1.26 bits per heavy atom. The molecule has 3 aromatic rings. The average Bonchev–Trinajstić information content (AvgIpc) is 3.18. The molecule has 1 fully saturated rings. The summed E-state index contributed by atoms with van der Waals surface area (Å²) in [5, 5.41) is 8.72. The lowest BCUT2D eigenvalue weighted by molar-refractivity contribution is -0.138. The second-order valence-electron chi connectivity index (χ2n) is 7.48. The zero-order valence-corrected chi connectivity index (χ0v) is 18.4. The van der Waals surface area contributed by atoms with Crippen LogP contribution in [0.2, 0.25) is 0 Å². The molecule has 0 bridgehead atoms. The van der Waals surface area contributed by atoms with Crippen LogP contribution >= 0.6 is 11.3 Å². The minimum absolute atomic E-state index is 0.00411. The molecule has 1 unspecified atom stereocenters. The fourth-order valence-corrected chi connectivity index (χ4v) is 4.25. The molecule has 2 N–H and O–H groups in total. The highest BCUT2D eigenvalue weighted by Crippen LogP contribution is 2.24. The van der Waals surface area contributed by atoms with E-state index in [9.17, 15) is 4.79 Å². The number of nitrogens with two attached hydrogens (primary N) is 1. The third-order valence-corrected chi connectivity index (χ3v) is 5.89. The lowest BCUT2D eigenvalue weighted by Gasteiger charge is -2.33. The number of rotatable bonds is 6. The van der Waals surface area contributed by atoms with Gasteiger partial charge in [0, 0.05) is 12.2 Å². The summed E-state index contributed by atoms with van der Waals surface area (Å²) in [6.07, 6.45) is 0.728. The summed E-state index contributed by atoms with van der Waals surface area (Å²) in [5.41, 5.74) is 9.74. The number of aryl methyl sites for hydroxylation is 1. The van der Waals surface area contributed by atoms with E-state index in [1.807, 2.05) is 19.1 Å². The fraction of sp³-hybridized carbons (Fsp3) is 0.364. The van der Waals surface area contributed by atoms with Crippen LogP contribution in [0.5, 0.6) is 5.75 Å². The number of hydrogen-bond acceptors (Lipinski definition) is 8. The number of nitrogens with zero attached hydrogens (tertiary/aromatic N) is 4. The summed E-state index contributed by atoms with van der Waals surface area (Å²) in [6.45, 7) is 3.46. The average molecular weight is 440 g/mol. The van der Waals surface area contributed by atoms with Gasteiger partial charge in [0.15, 0.2) is 0 Å². The topological polar surface area (TPSA) is 103 Å². The minimum atomic E-state index is -0.258. The summed E-state index contributed by atoms with van der Waals surface area (Å²) in [5.74, 6) is 0.836. The van der Waals surface area contributed by atoms with Crippen LogP contribution in [-0.2, 0) is 22.4 Å². The van der Waals surface area contributed by atoms with Crippen molar-refractivity contribution in [3.63, 3.8) is 0 Å². The normalized spacial score (nSPS) is 16.3. The molecule has 31 heavy (non-hydrogen) atoms. The number of morpholine rings is 1. The Balaban J connectivity index is 1.45. The predicted molar refractivity (Wildman–Crippen MR) is 118 cm³/mol. The summed E-state index contributed by atoms with van der Waals surface area (Å²) in [7, 11) is 1.66. The van der Waals surface area contributed by atoms with Crippen LogP contribution in [0.3, 0.4) is 0 Å². The molecule has 3 heterocycles. The molecule has 0 aliphatic carbocycles. The van der Waals surface area contributed by atoms with Gasteiger partial charge in [-0.2, -0.15) is 0 Å². The van der Waals surface area contributed by atoms with Crippen molar-refractivity contribution < 1.29 is 14.3 Å². The molecule has 4 rings (SSSR count). The molecule has 8 nitrogen and oxygen atoms in total. The van der Waals surface area contributed by atoms with Crippen LogP contribution in [0.4, 0.5) is 5.13 Å². The van der Waals surface area contributed by atoms with Gasteiger partial charge in [-0.25, -0.2) is 0 Å². The standard InChI is InChI=1S/C22H25N5O3S/c1-14-9-16(10-15-3-5-17(29-2)6-4-15)11-18(24-14)19-13-27(7-8-30-19)21(28)12-20-25-26-22(23)31-20/h3-6,9,11,19H,7-8,10,12-13H2,1-2H3,(H2,23,26). The van der Waals surface area contributed by atoms with Gasteiger partial charge in [0.2, 0.25) is 11.0 Å². The molecule has 162 valence electrons. The van der Waals surface area contributed by atoms with Crippen LogP contribution in [0.1, 0.15) is 33.6 Å². The lowest BCUT2D eigenvalue weighted by Crippen LogP contribution is -2.43. The summed E-state index contributed by atoms with van der Waals surface area (Å²) in [6, 6.07) is 12.2. The van der Waals surface area contributed by atoms with Gasteiger partial charge >= 0.3 is 0 Å². The van der Waals surface area contributed by atoms with E-state index in [0.717, 1.165) is 29.1 Å². The van der Waals surface area contributed by atoms with Crippen LogP contribution in [-0.4, -0.2) is 52.8 Å². The number of carbonyl (C=O) groups is 1. The van der Waals surface area contributed by atoms with E-state index in [1.165, 1.54) is 16.9 Å². The molecule has 1 aliphatic heterocycles. The van der Waals surface area contributed by atoms with Crippen LogP contribution < -0.4 is 10.5 Å². The molecule has 9 heteroatoms. The Labute approximate surface area is 185 Å². The molecule has 0 radical (unpaired) electrons. The van der Waals surface area contributed by atoms with Crippen molar-refractivity contribution in [3.8, 4) is 5.75 Å². The number of ether oxygens (including phenoxy) is 2. The highest BCUT2D eigenvalue weighted by molar-refractivity contribution is 7.15. The van der Waals surface area contributed by atoms with Gasteiger partial charge in [-0.3, -0.25) is 9.78 Å². The zero-order valence-electron chi connectivity index (χ0n) is 17.6. The van der Waals surface area contributed by atoms with Crippen molar-refractivity contribution >= 4 is 22.4 Å². The predicted octanol–water partition coefficient (Wildman–Crippen LogP) is 2.57. The number of methoxy groups -OCH3 is 1. The lowest BCUT2D eigenvalue weighted by atomic mass is 10.0. The first-order chi connectivity index (χ1) is 15.0. The Morgan fingerprint density at radius 2 is 2.06 bits per heavy atom. The number of carbonyl (C=O) groups excluding carboxylic acids is 1. The Hall–Kier alpha value is -3.04. The Kier molecular flexibility index (Phi) is 6.43. The van der Waals surface area contributed by atoms with Gasteiger partial charge in [0.25, 0.3) is 0 Å². The van der Waals surface area contributed by atoms with Gasteiger partial charge in [0.05, 0.1) is 32.4 Å². The second kappa shape index (κ2) is 9.40. The van der Waals surface area contributed by atoms with Crippen molar-refractivity contribution in [2.45, 2.75) is 25.9 Å². The molecule has 1 aliphatic rings. The van der Waals surface area contributed by atoms with Crippen molar-refractivity contribution in [2.24, 2.45) is 0 Å². The van der Waals surface area contributed by atoms with E-state index in [2.05, 4.69) is 39.4 Å². The molecule has 1 saturated heterocycles. The van der Waals surface area contributed by atoms with E-state index in [0.29, 0.717) is 29.8 Å². The largest absolute Gasteiger partial charge is 0.497 e. The Morgan fingerprint density at radius 3 is 2.77 bits per heavy atom. The summed E-state index contributed by atoms with van der Waals surface area (Å²) in [4.78, 5) is 19.2. The smallest absolute Gasteiger partial charge is 0.229 e. The van der Waals surface area contributed by atoms with Crippen LogP contribution in [0, 0.1) is 6.92 Å². The molecular formula is C22H25N5O3S. The van der Waals surface area contributed by atoms with Gasteiger partial charge < -0.3 is 20.1 Å². The van der Waals surface area contributed by atoms with E-state index in [-0.39, 0.29) is 18.4 Å². The highest BCUT2D eigenvalue weighted by Gasteiger charge is 2.27. The number of anilines is 1. The van der Waals surface area contributed by atoms with Gasteiger partial charge in [0.1, 0.15) is 16.9 Å². The molecule has 1 aromatic carbocycles. The first-order valence-corrected chi connectivity index (χ1v) is 10.9. The number of pyridine rings is 1. The molecule has 1 atom stereocenters. The molecular weight excluding hydrogens is 414 g/mol. The van der Waals surface area contributed by atoms with Crippen LogP contribution in [0.15, 0.2) is 36.4 Å². The van der Waals surface area contributed by atoms with Gasteiger partial charge in [-0.05, 0) is 48.7 Å². The zero-order chi connectivity index (χ0) is 21.8. The number of amides is 1. The van der Waals surface area contributed by atoms with E-state index in [4.69, 9.17) is 15.2 Å². The maximum Gasteiger partial charge on any atom is 0.229 e. The van der Waals surface area contributed by atoms with E-state index < -0.39 is 0 Å². The molecule has 0 spiro atoms. The fourth-order valence-electron chi connectivity index (χ4n) is 3.65. The number of aromatic nitrogens is 3. The van der Waals surface area contributed by atoms with Crippen molar-refractivity contribution in [1.29, 1.82) is 0 Å².